The minimum Gasteiger partial charge on any atom is -0.462 e. The fourth-order valence-electron chi connectivity index (χ4n) is 2.46. The van der Waals surface area contributed by atoms with Crippen molar-refractivity contribution < 1.29 is 9.53 Å². The van der Waals surface area contributed by atoms with Crippen molar-refractivity contribution in [3.8, 4) is 11.1 Å². The monoisotopic (exact) mass is 312 g/mol. The SMILES string of the molecule is CCCCNc1cc(-c2ccccc2)c(C(=O)OCC)c(C)n1. The Kier molecular flexibility index (Phi) is 6.15. The van der Waals surface area contributed by atoms with Crippen molar-refractivity contribution >= 4 is 11.8 Å². The van der Waals surface area contributed by atoms with Gasteiger partial charge in [-0.1, -0.05) is 43.7 Å². The summed E-state index contributed by atoms with van der Waals surface area (Å²) in [6.07, 6.45) is 2.21. The summed E-state index contributed by atoms with van der Waals surface area (Å²) in [4.78, 5) is 16.9. The highest BCUT2D eigenvalue weighted by atomic mass is 16.5. The molecule has 1 aromatic heterocycles. The van der Waals surface area contributed by atoms with Gasteiger partial charge in [-0.25, -0.2) is 9.78 Å². The van der Waals surface area contributed by atoms with Crippen molar-refractivity contribution in [1.82, 2.24) is 4.98 Å². The van der Waals surface area contributed by atoms with Crippen molar-refractivity contribution in [2.45, 2.75) is 33.6 Å². The number of benzene rings is 1. The Balaban J connectivity index is 2.46. The van der Waals surface area contributed by atoms with E-state index >= 15 is 0 Å². The topological polar surface area (TPSA) is 51.2 Å². The maximum Gasteiger partial charge on any atom is 0.340 e. The molecule has 4 heteroatoms. The molecule has 0 fully saturated rings. The Hall–Kier alpha value is -2.36. The van der Waals surface area contributed by atoms with Gasteiger partial charge in [0.25, 0.3) is 0 Å². The minimum absolute atomic E-state index is 0.323. The van der Waals surface area contributed by atoms with Crippen LogP contribution in [0, 0.1) is 6.92 Å². The summed E-state index contributed by atoms with van der Waals surface area (Å²) in [5, 5.41) is 3.33. The molecule has 0 aliphatic rings. The first-order valence-corrected chi connectivity index (χ1v) is 8.15. The summed E-state index contributed by atoms with van der Waals surface area (Å²) < 4.78 is 5.21. The van der Waals surface area contributed by atoms with Crippen LogP contribution in [0.2, 0.25) is 0 Å². The van der Waals surface area contributed by atoms with Crippen LogP contribution in [0.4, 0.5) is 5.82 Å². The number of esters is 1. The Bertz CT molecular complexity index is 654. The molecule has 2 aromatic rings. The zero-order chi connectivity index (χ0) is 16.7. The maximum absolute atomic E-state index is 12.3. The first-order chi connectivity index (χ1) is 11.2. The van der Waals surface area contributed by atoms with E-state index in [0.717, 1.165) is 36.3 Å². The molecule has 0 amide bonds. The van der Waals surface area contributed by atoms with Crippen LogP contribution >= 0.6 is 0 Å². The molecule has 1 aromatic carbocycles. The molecule has 0 saturated heterocycles. The number of nitrogens with one attached hydrogen (secondary N) is 1. The lowest BCUT2D eigenvalue weighted by Gasteiger charge is -2.14. The Morgan fingerprint density at radius 1 is 1.22 bits per heavy atom. The summed E-state index contributed by atoms with van der Waals surface area (Å²) in [7, 11) is 0. The number of aromatic nitrogens is 1. The molecule has 4 nitrogen and oxygen atoms in total. The first kappa shape index (κ1) is 17.0. The average Bonchev–Trinajstić information content (AvgIpc) is 2.55. The van der Waals surface area contributed by atoms with E-state index in [1.54, 1.807) is 0 Å². The van der Waals surface area contributed by atoms with Crippen molar-refractivity contribution in [1.29, 1.82) is 0 Å². The third kappa shape index (κ3) is 4.31. The van der Waals surface area contributed by atoms with Gasteiger partial charge in [0.2, 0.25) is 0 Å². The fraction of sp³-hybridized carbons (Fsp3) is 0.368. The molecule has 0 atom stereocenters. The fourth-order valence-corrected chi connectivity index (χ4v) is 2.46. The zero-order valence-corrected chi connectivity index (χ0v) is 14.1. The number of aryl methyl sites for hydroxylation is 1. The molecule has 0 aliphatic heterocycles. The van der Waals surface area contributed by atoms with Crippen LogP contribution in [-0.4, -0.2) is 24.1 Å². The number of rotatable bonds is 7. The van der Waals surface area contributed by atoms with Crippen LogP contribution < -0.4 is 5.32 Å². The molecule has 0 bridgehead atoms. The first-order valence-electron chi connectivity index (χ1n) is 8.15. The number of hydrogen-bond acceptors (Lipinski definition) is 4. The summed E-state index contributed by atoms with van der Waals surface area (Å²) in [6.45, 7) is 7.03. The number of carbonyl (C=O) groups is 1. The van der Waals surface area contributed by atoms with Gasteiger partial charge in [-0.3, -0.25) is 0 Å². The molecule has 0 spiro atoms. The number of carbonyl (C=O) groups excluding carboxylic acids is 1. The highest BCUT2D eigenvalue weighted by Gasteiger charge is 2.19. The van der Waals surface area contributed by atoms with Gasteiger partial charge in [0.05, 0.1) is 17.9 Å². The van der Waals surface area contributed by atoms with E-state index < -0.39 is 0 Å². The molecule has 0 aliphatic carbocycles. The lowest BCUT2D eigenvalue weighted by molar-refractivity contribution is 0.0526. The van der Waals surface area contributed by atoms with Crippen LogP contribution in [0.5, 0.6) is 0 Å². The van der Waals surface area contributed by atoms with Crippen LogP contribution in [0.25, 0.3) is 11.1 Å². The van der Waals surface area contributed by atoms with Gasteiger partial charge in [-0.2, -0.15) is 0 Å². The van der Waals surface area contributed by atoms with Crippen LogP contribution in [0.3, 0.4) is 0 Å². The number of unbranched alkanes of at least 4 members (excludes halogenated alkanes) is 1. The molecule has 1 N–H and O–H groups in total. The number of pyridine rings is 1. The third-order valence-corrected chi connectivity index (χ3v) is 3.60. The lowest BCUT2D eigenvalue weighted by Crippen LogP contribution is -2.12. The smallest absolute Gasteiger partial charge is 0.340 e. The van der Waals surface area contributed by atoms with Gasteiger partial charge in [-0.05, 0) is 31.9 Å². The second-order valence-electron chi connectivity index (χ2n) is 5.38. The van der Waals surface area contributed by atoms with E-state index in [1.165, 1.54) is 0 Å². The Morgan fingerprint density at radius 2 is 1.96 bits per heavy atom. The molecular weight excluding hydrogens is 288 g/mol. The van der Waals surface area contributed by atoms with E-state index in [-0.39, 0.29) is 5.97 Å². The standard InChI is InChI=1S/C19H24N2O2/c1-4-6-12-20-17-13-16(15-10-8-7-9-11-15)18(14(3)21-17)19(22)23-5-2/h7-11,13H,4-6,12H2,1-3H3,(H,20,21). The van der Waals surface area contributed by atoms with Gasteiger partial charge in [0, 0.05) is 12.1 Å². The van der Waals surface area contributed by atoms with Crippen LogP contribution in [-0.2, 0) is 4.74 Å². The maximum atomic E-state index is 12.3. The predicted molar refractivity (Wildman–Crippen MR) is 93.8 cm³/mol. The lowest BCUT2D eigenvalue weighted by atomic mass is 9.99. The van der Waals surface area contributed by atoms with Crippen molar-refractivity contribution in [2.75, 3.05) is 18.5 Å². The molecule has 2 rings (SSSR count). The summed E-state index contributed by atoms with van der Waals surface area (Å²) in [5.41, 5.74) is 3.07. The number of hydrogen-bond donors (Lipinski definition) is 1. The van der Waals surface area contributed by atoms with Gasteiger partial charge in [0.15, 0.2) is 0 Å². The number of nitrogens with zero attached hydrogens (tertiary/aromatic N) is 1. The highest BCUT2D eigenvalue weighted by molar-refractivity contribution is 5.99. The molecule has 0 saturated carbocycles. The molecule has 0 unspecified atom stereocenters. The van der Waals surface area contributed by atoms with Gasteiger partial charge in [0.1, 0.15) is 5.82 Å². The molecule has 0 radical (unpaired) electrons. The zero-order valence-electron chi connectivity index (χ0n) is 14.1. The van der Waals surface area contributed by atoms with E-state index in [4.69, 9.17) is 4.74 Å². The van der Waals surface area contributed by atoms with Crippen molar-refractivity contribution in [3.63, 3.8) is 0 Å². The van der Waals surface area contributed by atoms with Gasteiger partial charge >= 0.3 is 5.97 Å². The molecular formula is C19H24N2O2. The second kappa shape index (κ2) is 8.32. The predicted octanol–water partition coefficient (Wildman–Crippen LogP) is 4.45. The minimum atomic E-state index is -0.323. The highest BCUT2D eigenvalue weighted by Crippen LogP contribution is 2.28. The quantitative estimate of drug-likeness (QED) is 0.606. The van der Waals surface area contributed by atoms with Crippen LogP contribution in [0.15, 0.2) is 36.4 Å². The Labute approximate surface area is 137 Å². The third-order valence-electron chi connectivity index (χ3n) is 3.60. The normalized spacial score (nSPS) is 10.4. The average molecular weight is 312 g/mol. The van der Waals surface area contributed by atoms with E-state index in [0.29, 0.717) is 17.9 Å². The van der Waals surface area contributed by atoms with Crippen molar-refractivity contribution in [2.24, 2.45) is 0 Å². The number of ether oxygens (including phenoxy) is 1. The van der Waals surface area contributed by atoms with E-state index in [1.807, 2.05) is 50.2 Å². The van der Waals surface area contributed by atoms with Gasteiger partial charge in [-0.15, -0.1) is 0 Å². The summed E-state index contributed by atoms with van der Waals surface area (Å²) in [5.74, 6) is 0.472. The number of anilines is 1. The molecule has 23 heavy (non-hydrogen) atoms. The van der Waals surface area contributed by atoms with Gasteiger partial charge < -0.3 is 10.1 Å². The largest absolute Gasteiger partial charge is 0.462 e. The molecule has 1 heterocycles. The summed E-state index contributed by atoms with van der Waals surface area (Å²) >= 11 is 0. The molecule has 122 valence electrons. The van der Waals surface area contributed by atoms with Crippen LogP contribution in [0.1, 0.15) is 42.7 Å². The Morgan fingerprint density at radius 3 is 2.61 bits per heavy atom. The summed E-state index contributed by atoms with van der Waals surface area (Å²) in [6, 6.07) is 11.8. The van der Waals surface area contributed by atoms with E-state index in [9.17, 15) is 4.79 Å². The van der Waals surface area contributed by atoms with Crippen molar-refractivity contribution in [3.05, 3.63) is 47.7 Å². The second-order valence-corrected chi connectivity index (χ2v) is 5.38. The van der Waals surface area contributed by atoms with E-state index in [2.05, 4.69) is 17.2 Å².